The van der Waals surface area contributed by atoms with Gasteiger partial charge in [-0.25, -0.2) is 0 Å². The summed E-state index contributed by atoms with van der Waals surface area (Å²) in [4.78, 5) is 35.0. The van der Waals surface area contributed by atoms with Gasteiger partial charge in [0, 0.05) is 17.8 Å². The molecule has 0 amide bonds. The Labute approximate surface area is 181 Å². The van der Waals surface area contributed by atoms with Gasteiger partial charge >= 0.3 is 5.97 Å². The molecule has 7 atom stereocenters. The van der Waals surface area contributed by atoms with Crippen molar-refractivity contribution in [3.63, 3.8) is 0 Å². The second-order valence-electron chi connectivity index (χ2n) is 9.87. The molecule has 1 unspecified atom stereocenters. The highest BCUT2D eigenvalue weighted by molar-refractivity contribution is 6.26. The Bertz CT molecular complexity index is 879. The standard InChI is InChI=1S/C23H29ClO6/c1-13(25)30-12-19(28)22(29)9-7-16-17-5-4-14-10-15(26)6-8-20(14,2)23(17,24)18(27)11-21(16,22)3/h6,8,10,16-18,27,29H,4-5,7,9,11-12H2,1-3H3/t16-,17-,18?,20-,21-,22-,23-/m0/s1. The molecule has 0 radical (unpaired) electrons. The number of hydrogen-bond donors (Lipinski definition) is 2. The third-order valence-electron chi connectivity index (χ3n) is 8.66. The maximum absolute atomic E-state index is 12.9. The first-order valence-electron chi connectivity index (χ1n) is 10.6. The van der Waals surface area contributed by atoms with Crippen molar-refractivity contribution in [2.75, 3.05) is 6.61 Å². The monoisotopic (exact) mass is 436 g/mol. The van der Waals surface area contributed by atoms with Gasteiger partial charge in [0.2, 0.25) is 5.78 Å². The predicted octanol–water partition coefficient (Wildman–Crippen LogP) is 2.49. The van der Waals surface area contributed by atoms with Gasteiger partial charge in [0.1, 0.15) is 5.60 Å². The van der Waals surface area contributed by atoms with Crippen molar-refractivity contribution in [3.8, 4) is 0 Å². The largest absolute Gasteiger partial charge is 0.458 e. The van der Waals surface area contributed by atoms with Gasteiger partial charge in [0.15, 0.2) is 12.4 Å². The van der Waals surface area contributed by atoms with Crippen LogP contribution < -0.4 is 0 Å². The number of alkyl halides is 1. The fraction of sp³-hybridized carbons (Fsp3) is 0.696. The Kier molecular flexibility index (Phi) is 4.89. The highest BCUT2D eigenvalue weighted by Crippen LogP contribution is 2.70. The summed E-state index contributed by atoms with van der Waals surface area (Å²) in [6, 6.07) is 0. The highest BCUT2D eigenvalue weighted by atomic mass is 35.5. The lowest BCUT2D eigenvalue weighted by atomic mass is 9.45. The van der Waals surface area contributed by atoms with Crippen molar-refractivity contribution in [3.05, 3.63) is 23.8 Å². The van der Waals surface area contributed by atoms with Crippen LogP contribution in [0.4, 0.5) is 0 Å². The quantitative estimate of drug-likeness (QED) is 0.520. The Hall–Kier alpha value is -1.50. The number of halogens is 1. The smallest absolute Gasteiger partial charge is 0.303 e. The van der Waals surface area contributed by atoms with Crippen LogP contribution in [0.3, 0.4) is 0 Å². The summed E-state index contributed by atoms with van der Waals surface area (Å²) in [5.41, 5.74) is -2.29. The number of fused-ring (bicyclic) bond motifs is 5. The van der Waals surface area contributed by atoms with E-state index in [1.54, 1.807) is 6.08 Å². The van der Waals surface area contributed by atoms with Crippen molar-refractivity contribution in [1.29, 1.82) is 0 Å². The second-order valence-corrected chi connectivity index (χ2v) is 10.5. The minimum atomic E-state index is -1.68. The molecule has 4 aliphatic rings. The van der Waals surface area contributed by atoms with Gasteiger partial charge in [-0.1, -0.05) is 25.5 Å². The van der Waals surface area contributed by atoms with E-state index in [-0.39, 0.29) is 30.5 Å². The number of esters is 1. The molecule has 0 aromatic carbocycles. The van der Waals surface area contributed by atoms with Gasteiger partial charge in [0.05, 0.1) is 11.0 Å². The molecule has 3 saturated carbocycles. The van der Waals surface area contributed by atoms with Crippen molar-refractivity contribution in [1.82, 2.24) is 0 Å². The molecule has 0 aromatic heterocycles. The Morgan fingerprint density at radius 3 is 2.63 bits per heavy atom. The SMILES string of the molecule is CC(=O)OCC(=O)[C@@]1(O)CC[C@H]2[C@@H]3CCC4=CC(=O)C=C[C@]4(C)[C@@]3(Cl)C(O)C[C@@]21C. The van der Waals surface area contributed by atoms with E-state index < -0.39 is 45.8 Å². The van der Waals surface area contributed by atoms with Crippen LogP contribution in [0.25, 0.3) is 0 Å². The minimum absolute atomic E-state index is 0.0670. The van der Waals surface area contributed by atoms with Crippen LogP contribution in [-0.4, -0.2) is 50.9 Å². The lowest BCUT2D eigenvalue weighted by Gasteiger charge is -2.63. The van der Waals surface area contributed by atoms with E-state index >= 15 is 0 Å². The van der Waals surface area contributed by atoms with Gasteiger partial charge in [-0.05, 0) is 56.1 Å². The molecule has 4 aliphatic carbocycles. The highest BCUT2D eigenvalue weighted by Gasteiger charge is 2.73. The number of rotatable bonds is 3. The summed E-state index contributed by atoms with van der Waals surface area (Å²) < 4.78 is 4.87. The van der Waals surface area contributed by atoms with E-state index in [0.29, 0.717) is 19.3 Å². The van der Waals surface area contributed by atoms with Gasteiger partial charge in [-0.15, -0.1) is 11.6 Å². The van der Waals surface area contributed by atoms with Crippen molar-refractivity contribution >= 4 is 29.1 Å². The molecule has 0 aromatic rings. The molecule has 0 bridgehead atoms. The maximum atomic E-state index is 12.9. The summed E-state index contributed by atoms with van der Waals surface area (Å²) in [5.74, 6) is -1.38. The molecule has 7 heteroatoms. The third kappa shape index (κ3) is 2.59. The minimum Gasteiger partial charge on any atom is -0.458 e. The molecule has 0 aliphatic heterocycles. The third-order valence-corrected chi connectivity index (χ3v) is 9.59. The summed E-state index contributed by atoms with van der Waals surface area (Å²) in [7, 11) is 0. The molecule has 30 heavy (non-hydrogen) atoms. The van der Waals surface area contributed by atoms with E-state index in [9.17, 15) is 24.6 Å². The number of ether oxygens (including phenoxy) is 1. The van der Waals surface area contributed by atoms with Crippen LogP contribution in [0.5, 0.6) is 0 Å². The van der Waals surface area contributed by atoms with E-state index in [1.807, 2.05) is 19.9 Å². The molecule has 0 spiro atoms. The zero-order chi connectivity index (χ0) is 22.1. The van der Waals surface area contributed by atoms with Crippen molar-refractivity contribution in [2.45, 2.75) is 69.5 Å². The summed E-state index contributed by atoms with van der Waals surface area (Å²) in [6.45, 7) is 4.57. The molecule has 3 fully saturated rings. The van der Waals surface area contributed by atoms with Crippen LogP contribution >= 0.6 is 11.6 Å². The molecule has 4 rings (SSSR count). The van der Waals surface area contributed by atoms with Crippen molar-refractivity contribution < 1.29 is 29.3 Å². The normalized spacial score (nSPS) is 47.1. The summed E-state index contributed by atoms with van der Waals surface area (Å²) in [6.07, 6.45) is 6.36. The lowest BCUT2D eigenvalue weighted by molar-refractivity contribution is -0.177. The molecule has 6 nitrogen and oxygen atoms in total. The Morgan fingerprint density at radius 2 is 1.97 bits per heavy atom. The number of carbonyl (C=O) groups excluding carboxylic acids is 3. The maximum Gasteiger partial charge on any atom is 0.303 e. The zero-order valence-electron chi connectivity index (χ0n) is 17.6. The molecular weight excluding hydrogens is 408 g/mol. The van der Waals surface area contributed by atoms with E-state index in [0.717, 1.165) is 5.57 Å². The first kappa shape index (κ1) is 21.7. The van der Waals surface area contributed by atoms with Crippen LogP contribution in [0.15, 0.2) is 23.8 Å². The zero-order valence-corrected chi connectivity index (χ0v) is 18.4. The first-order valence-corrected chi connectivity index (χ1v) is 11.0. The molecule has 0 saturated heterocycles. The van der Waals surface area contributed by atoms with Gasteiger partial charge in [-0.2, -0.15) is 0 Å². The Balaban J connectivity index is 1.72. The molecular formula is C23H29ClO6. The number of aliphatic hydroxyl groups is 2. The van der Waals surface area contributed by atoms with E-state index in [1.165, 1.54) is 13.0 Å². The van der Waals surface area contributed by atoms with Crippen LogP contribution in [-0.2, 0) is 19.1 Å². The average molecular weight is 437 g/mol. The van der Waals surface area contributed by atoms with Gasteiger partial charge < -0.3 is 14.9 Å². The number of aliphatic hydroxyl groups excluding tert-OH is 1. The van der Waals surface area contributed by atoms with Gasteiger partial charge in [-0.3, -0.25) is 14.4 Å². The van der Waals surface area contributed by atoms with Gasteiger partial charge in [0.25, 0.3) is 0 Å². The van der Waals surface area contributed by atoms with E-state index in [4.69, 9.17) is 16.3 Å². The van der Waals surface area contributed by atoms with Crippen molar-refractivity contribution in [2.24, 2.45) is 22.7 Å². The number of hydrogen-bond acceptors (Lipinski definition) is 6. The fourth-order valence-corrected chi connectivity index (χ4v) is 7.48. The lowest BCUT2D eigenvalue weighted by Crippen LogP contribution is -2.68. The summed E-state index contributed by atoms with van der Waals surface area (Å²) >= 11 is 7.30. The molecule has 164 valence electrons. The number of ketones is 2. The fourth-order valence-electron chi connectivity index (χ4n) is 6.96. The second kappa shape index (κ2) is 6.75. The summed E-state index contributed by atoms with van der Waals surface area (Å²) in [5, 5.41) is 22.9. The number of Topliss-reactive ketones (excluding diaryl/α,β-unsaturated/α-hetero) is 1. The van der Waals surface area contributed by atoms with Crippen LogP contribution in [0.2, 0.25) is 0 Å². The van der Waals surface area contributed by atoms with Crippen LogP contribution in [0, 0.1) is 22.7 Å². The van der Waals surface area contributed by atoms with Crippen LogP contribution in [0.1, 0.15) is 52.9 Å². The average Bonchev–Trinajstić information content (AvgIpc) is 2.94. The van der Waals surface area contributed by atoms with E-state index in [2.05, 4.69) is 0 Å². The Morgan fingerprint density at radius 1 is 1.27 bits per heavy atom. The molecule has 2 N–H and O–H groups in total. The predicted molar refractivity (Wildman–Crippen MR) is 110 cm³/mol. The number of allylic oxidation sites excluding steroid dienone is 4. The topological polar surface area (TPSA) is 101 Å². The number of carbonyl (C=O) groups is 3. The molecule has 0 heterocycles. The first-order chi connectivity index (χ1) is 13.9.